The molecule has 4 rings (SSSR count). The molecule has 2 saturated heterocycles. The van der Waals surface area contributed by atoms with E-state index in [0.717, 1.165) is 56.0 Å². The van der Waals surface area contributed by atoms with Crippen LogP contribution in [0.2, 0.25) is 5.02 Å². The normalized spacial score (nSPS) is 19.1. The van der Waals surface area contributed by atoms with Crippen LogP contribution in [0.4, 0.5) is 0 Å². The van der Waals surface area contributed by atoms with Crippen LogP contribution in [0, 0.1) is 11.8 Å². The zero-order chi connectivity index (χ0) is 24.2. The lowest BCUT2D eigenvalue weighted by Crippen LogP contribution is -2.47. The van der Waals surface area contributed by atoms with Crippen LogP contribution >= 0.6 is 11.6 Å². The maximum absolute atomic E-state index is 13.3. The Morgan fingerprint density at radius 2 is 1.82 bits per heavy atom. The maximum atomic E-state index is 13.3. The second kappa shape index (κ2) is 10.9. The molecule has 0 unspecified atom stereocenters. The zero-order valence-electron chi connectivity index (χ0n) is 20.9. The second-order valence-corrected chi connectivity index (χ2v) is 10.1. The molecule has 0 spiro atoms. The molecular formula is C26H37ClN4O2. The van der Waals surface area contributed by atoms with Gasteiger partial charge in [0, 0.05) is 42.3 Å². The van der Waals surface area contributed by atoms with Gasteiger partial charge in [0.05, 0.1) is 6.39 Å². The molecule has 7 heteroatoms. The number of aromatic nitrogens is 1. The number of piperidine rings is 2. The summed E-state index contributed by atoms with van der Waals surface area (Å²) < 4.78 is 7.86. The number of carbonyl (C=O) groups is 2. The zero-order valence-corrected chi connectivity index (χ0v) is 20.7. The molecule has 1 aromatic heterocycles. The van der Waals surface area contributed by atoms with Gasteiger partial charge in [-0.15, -0.1) is 0 Å². The predicted molar refractivity (Wildman–Crippen MR) is 134 cm³/mol. The molecular weight excluding hydrogens is 436 g/mol. The third kappa shape index (κ3) is 5.72. The third-order valence-corrected chi connectivity index (χ3v) is 7.83. The van der Waals surface area contributed by atoms with E-state index < -0.39 is 0 Å². The quantitative estimate of drug-likeness (QED) is 0.637. The molecule has 2 fully saturated rings. The van der Waals surface area contributed by atoms with E-state index in [0.29, 0.717) is 22.6 Å². The first-order valence-corrected chi connectivity index (χ1v) is 12.8. The minimum Gasteiger partial charge on any atom is -0.360 e. The Kier molecular flexibility index (Phi) is 7.52. The number of aromatic amines is 1. The highest BCUT2D eigenvalue weighted by molar-refractivity contribution is 6.35. The molecule has 0 atom stereocenters. The number of nitrogens with one attached hydrogen (secondary N) is 1. The van der Waals surface area contributed by atoms with Gasteiger partial charge in [-0.3, -0.25) is 9.59 Å². The Morgan fingerprint density at radius 1 is 1.15 bits per heavy atom. The Labute approximate surface area is 203 Å². The number of carbonyl (C=O) groups excluding carboxylic acids is 2. The van der Waals surface area contributed by atoms with Crippen LogP contribution in [0.15, 0.2) is 24.4 Å². The summed E-state index contributed by atoms with van der Waals surface area (Å²) in [7, 11) is 2.20. The van der Waals surface area contributed by atoms with Gasteiger partial charge in [0.2, 0.25) is 5.91 Å². The summed E-state index contributed by atoms with van der Waals surface area (Å²) in [5, 5.41) is 1.09. The minimum absolute atomic E-state index is 0.0451. The lowest BCUT2D eigenvalue weighted by atomic mass is 9.79. The third-order valence-electron chi connectivity index (χ3n) is 7.53. The molecule has 1 N–H and O–H groups in total. The first-order chi connectivity index (χ1) is 16.4. The van der Waals surface area contributed by atoms with Crippen molar-refractivity contribution in [3.63, 3.8) is 0 Å². The van der Waals surface area contributed by atoms with E-state index in [1.54, 1.807) is 23.1 Å². The van der Waals surface area contributed by atoms with Crippen LogP contribution in [0.5, 0.6) is 0 Å². The molecule has 33 heavy (non-hydrogen) atoms. The highest BCUT2D eigenvalue weighted by atomic mass is 35.5. The van der Waals surface area contributed by atoms with Crippen LogP contribution in [-0.2, 0) is 4.79 Å². The van der Waals surface area contributed by atoms with E-state index in [2.05, 4.69) is 23.9 Å². The summed E-state index contributed by atoms with van der Waals surface area (Å²) in [6.07, 6.45) is 6.63. The Hall–Kier alpha value is -2.05. The van der Waals surface area contributed by atoms with Crippen LogP contribution < -0.4 is 0 Å². The lowest BCUT2D eigenvalue weighted by Gasteiger charge is -2.39. The van der Waals surface area contributed by atoms with Gasteiger partial charge in [-0.1, -0.05) is 31.0 Å². The van der Waals surface area contributed by atoms with Crippen molar-refractivity contribution in [1.82, 2.24) is 19.7 Å². The number of H-pyrrole nitrogens is 1. The summed E-state index contributed by atoms with van der Waals surface area (Å²) in [5.41, 5.74) is 1.17. The summed E-state index contributed by atoms with van der Waals surface area (Å²) in [4.78, 5) is 35.5. The number of unbranched alkanes of at least 4 members (excludes halogenated alkanes) is 1. The van der Waals surface area contributed by atoms with Gasteiger partial charge in [-0.25, -0.2) is 0 Å². The van der Waals surface area contributed by atoms with Crippen molar-refractivity contribution in [3.05, 3.63) is 35.0 Å². The number of rotatable bonds is 7. The summed E-state index contributed by atoms with van der Waals surface area (Å²) in [5.74, 6) is 1.40. The molecule has 0 radical (unpaired) electrons. The molecule has 2 aromatic rings. The van der Waals surface area contributed by atoms with Crippen molar-refractivity contribution in [1.29, 1.82) is 0 Å². The number of nitrogens with zero attached hydrogens (tertiary/aromatic N) is 3. The molecule has 2 aliphatic rings. The highest BCUT2D eigenvalue weighted by Crippen LogP contribution is 2.32. The summed E-state index contributed by atoms with van der Waals surface area (Å²) in [6, 6.07) is 5.24. The minimum atomic E-state index is -0.151. The number of fused-ring (bicyclic) bond motifs is 1. The number of likely N-dealkylation sites (tertiary alicyclic amines) is 2. The average Bonchev–Trinajstić information content (AvgIpc) is 3.14. The van der Waals surface area contributed by atoms with E-state index >= 15 is 0 Å². The monoisotopic (exact) mass is 473 g/mol. The molecule has 3 heterocycles. The van der Waals surface area contributed by atoms with Crippen molar-refractivity contribution in [2.45, 2.75) is 45.4 Å². The topological polar surface area (TPSA) is 59.7 Å². The Balaban J connectivity index is 1.38. The Morgan fingerprint density at radius 3 is 2.48 bits per heavy atom. The number of hydrogen-bond donors (Lipinski definition) is 1. The fourth-order valence-corrected chi connectivity index (χ4v) is 5.54. The van der Waals surface area contributed by atoms with Gasteiger partial charge in [-0.2, -0.15) is 0 Å². The van der Waals surface area contributed by atoms with Crippen molar-refractivity contribution >= 4 is 34.3 Å². The Bertz CT molecular complexity index is 1010. The van der Waals surface area contributed by atoms with E-state index in [4.69, 9.17) is 13.0 Å². The van der Waals surface area contributed by atoms with Crippen LogP contribution in [0.1, 0.15) is 57.2 Å². The first-order valence-electron chi connectivity index (χ1n) is 12.9. The van der Waals surface area contributed by atoms with Crippen molar-refractivity contribution < 1.29 is 11.0 Å². The standard InChI is InChI=1S/C26H37ClN4O2/c1-3-4-11-31(26(33)21-5-6-22-23(27)17-28-24(22)16-21)18-25(32)30-14-9-20(10-15-30)19-7-12-29(2)13-8-19/h5-6,16-17,19-20,28H,3-4,7-15,18H2,1-2H3/i17D. The van der Waals surface area contributed by atoms with E-state index in [9.17, 15) is 9.59 Å². The number of halogens is 1. The fraction of sp³-hybridized carbons (Fsp3) is 0.615. The molecule has 6 nitrogen and oxygen atoms in total. The number of hydrogen-bond acceptors (Lipinski definition) is 3. The molecule has 180 valence electrons. The number of amides is 2. The van der Waals surface area contributed by atoms with E-state index in [-0.39, 0.29) is 24.5 Å². The largest absolute Gasteiger partial charge is 0.360 e. The van der Waals surface area contributed by atoms with Gasteiger partial charge >= 0.3 is 0 Å². The molecule has 0 saturated carbocycles. The van der Waals surface area contributed by atoms with Crippen molar-refractivity contribution in [2.24, 2.45) is 11.8 Å². The van der Waals surface area contributed by atoms with E-state index in [1.165, 1.54) is 25.9 Å². The van der Waals surface area contributed by atoms with Gasteiger partial charge in [0.1, 0.15) is 6.54 Å². The van der Waals surface area contributed by atoms with Crippen LogP contribution in [-0.4, -0.2) is 77.8 Å². The molecule has 2 aliphatic heterocycles. The van der Waals surface area contributed by atoms with E-state index in [1.807, 2.05) is 4.90 Å². The maximum Gasteiger partial charge on any atom is 0.254 e. The molecule has 1 aromatic carbocycles. The van der Waals surface area contributed by atoms with Crippen molar-refractivity contribution in [2.75, 3.05) is 46.3 Å². The highest BCUT2D eigenvalue weighted by Gasteiger charge is 2.31. The van der Waals surface area contributed by atoms with Gasteiger partial charge < -0.3 is 19.7 Å². The average molecular weight is 474 g/mol. The van der Waals surface area contributed by atoms with Gasteiger partial charge in [0.25, 0.3) is 5.91 Å². The predicted octanol–water partition coefficient (Wildman–Crippen LogP) is 4.64. The smallest absolute Gasteiger partial charge is 0.254 e. The molecule has 0 bridgehead atoms. The van der Waals surface area contributed by atoms with Gasteiger partial charge in [-0.05, 0) is 76.2 Å². The van der Waals surface area contributed by atoms with Crippen LogP contribution in [0.3, 0.4) is 0 Å². The SMILES string of the molecule is [2H]c1[nH]c2cc(C(=O)N(CCCC)CC(=O)N3CCC(C4CCN(C)CC4)CC3)ccc2c1Cl. The second-order valence-electron chi connectivity index (χ2n) is 9.76. The van der Waals surface area contributed by atoms with Crippen LogP contribution in [0.25, 0.3) is 10.9 Å². The van der Waals surface area contributed by atoms with Crippen molar-refractivity contribution in [3.8, 4) is 0 Å². The fourth-order valence-electron chi connectivity index (χ4n) is 5.33. The summed E-state index contributed by atoms with van der Waals surface area (Å²) >= 11 is 6.16. The van der Waals surface area contributed by atoms with Gasteiger partial charge in [0.15, 0.2) is 0 Å². The molecule has 2 amide bonds. The number of benzene rings is 1. The summed E-state index contributed by atoms with van der Waals surface area (Å²) in [6.45, 7) is 6.71. The molecule has 0 aliphatic carbocycles. The first kappa shape index (κ1) is 22.7. The lowest BCUT2D eigenvalue weighted by molar-refractivity contribution is -0.133.